The number of nitrogens with one attached hydrogen (secondary N) is 1. The van der Waals surface area contributed by atoms with E-state index in [9.17, 15) is 0 Å². The van der Waals surface area contributed by atoms with Crippen LogP contribution in [0.25, 0.3) is 0 Å². The summed E-state index contributed by atoms with van der Waals surface area (Å²) >= 11 is 0. The van der Waals surface area contributed by atoms with E-state index in [1.807, 2.05) is 18.7 Å². The zero-order chi connectivity index (χ0) is 10.1. The molecule has 1 aromatic heterocycles. The van der Waals surface area contributed by atoms with Crippen LogP contribution < -0.4 is 11.1 Å². The summed E-state index contributed by atoms with van der Waals surface area (Å²) in [6.07, 6.45) is 5.16. The van der Waals surface area contributed by atoms with Gasteiger partial charge in [0.1, 0.15) is 5.82 Å². The normalized spacial score (nSPS) is 17.6. The first-order valence-electron chi connectivity index (χ1n) is 5.24. The van der Waals surface area contributed by atoms with Crippen LogP contribution in [-0.4, -0.2) is 15.8 Å². The molecule has 1 heterocycles. The molecule has 0 atom stereocenters. The molecule has 0 unspecified atom stereocenters. The van der Waals surface area contributed by atoms with Crippen molar-refractivity contribution in [3.8, 4) is 0 Å². The average Bonchev–Trinajstić information content (AvgIpc) is 2.71. The van der Waals surface area contributed by atoms with Gasteiger partial charge in [-0.1, -0.05) is 12.8 Å². The molecule has 0 aliphatic heterocycles. The Labute approximate surface area is 84.5 Å². The molecule has 3 N–H and O–H groups in total. The number of hydrogen-bond acceptors (Lipinski definition) is 3. The van der Waals surface area contributed by atoms with Crippen molar-refractivity contribution in [2.45, 2.75) is 38.6 Å². The number of nitrogen functional groups attached to an aromatic ring is 1. The summed E-state index contributed by atoms with van der Waals surface area (Å²) in [7, 11) is 1.93. The molecule has 1 aliphatic rings. The van der Waals surface area contributed by atoms with Crippen LogP contribution in [0, 0.1) is 6.92 Å². The van der Waals surface area contributed by atoms with E-state index in [0.717, 1.165) is 17.2 Å². The molecule has 0 spiro atoms. The van der Waals surface area contributed by atoms with Crippen molar-refractivity contribution >= 4 is 11.5 Å². The topological polar surface area (TPSA) is 55.9 Å². The fourth-order valence-electron chi connectivity index (χ4n) is 2.11. The molecule has 0 radical (unpaired) electrons. The predicted molar refractivity (Wildman–Crippen MR) is 58.2 cm³/mol. The zero-order valence-corrected chi connectivity index (χ0v) is 8.88. The highest BCUT2D eigenvalue weighted by molar-refractivity contribution is 5.64. The van der Waals surface area contributed by atoms with Gasteiger partial charge < -0.3 is 11.1 Å². The van der Waals surface area contributed by atoms with Gasteiger partial charge >= 0.3 is 0 Å². The van der Waals surface area contributed by atoms with Gasteiger partial charge in [-0.3, -0.25) is 4.68 Å². The van der Waals surface area contributed by atoms with Gasteiger partial charge in [-0.2, -0.15) is 5.10 Å². The molecule has 1 saturated carbocycles. The van der Waals surface area contributed by atoms with E-state index < -0.39 is 0 Å². The molecule has 14 heavy (non-hydrogen) atoms. The van der Waals surface area contributed by atoms with E-state index in [0.29, 0.717) is 6.04 Å². The van der Waals surface area contributed by atoms with Gasteiger partial charge in [-0.15, -0.1) is 0 Å². The second-order valence-electron chi connectivity index (χ2n) is 4.10. The average molecular weight is 194 g/mol. The number of aryl methyl sites for hydroxylation is 2. The third-order valence-electron chi connectivity index (χ3n) is 2.96. The van der Waals surface area contributed by atoms with Crippen molar-refractivity contribution in [3.05, 3.63) is 5.69 Å². The van der Waals surface area contributed by atoms with Crippen LogP contribution in [0.3, 0.4) is 0 Å². The highest BCUT2D eigenvalue weighted by atomic mass is 15.3. The highest BCUT2D eigenvalue weighted by Crippen LogP contribution is 2.26. The zero-order valence-electron chi connectivity index (χ0n) is 8.88. The number of aromatic nitrogens is 2. The molecule has 4 nitrogen and oxygen atoms in total. The lowest BCUT2D eigenvalue weighted by Crippen LogP contribution is -2.17. The van der Waals surface area contributed by atoms with Gasteiger partial charge in [0, 0.05) is 13.1 Å². The Kier molecular flexibility index (Phi) is 2.35. The Bertz CT molecular complexity index is 323. The molecule has 4 heteroatoms. The van der Waals surface area contributed by atoms with E-state index in [4.69, 9.17) is 5.73 Å². The fraction of sp³-hybridized carbons (Fsp3) is 0.700. The van der Waals surface area contributed by atoms with Gasteiger partial charge in [-0.05, 0) is 19.8 Å². The predicted octanol–water partition coefficient (Wildman–Crippen LogP) is 1.67. The summed E-state index contributed by atoms with van der Waals surface area (Å²) in [4.78, 5) is 0. The number of nitrogens with two attached hydrogens (primary N) is 1. The SMILES string of the molecule is Cc1nn(C)c(NC2CCCC2)c1N. The maximum absolute atomic E-state index is 5.94. The Hall–Kier alpha value is -1.19. The molecule has 2 rings (SSSR count). The van der Waals surface area contributed by atoms with Crippen LogP contribution >= 0.6 is 0 Å². The minimum atomic E-state index is 0.590. The molecule has 1 aliphatic carbocycles. The molecule has 78 valence electrons. The van der Waals surface area contributed by atoms with Crippen LogP contribution in [0.15, 0.2) is 0 Å². The molecule has 1 aromatic rings. The summed E-state index contributed by atoms with van der Waals surface area (Å²) in [5.41, 5.74) is 7.64. The van der Waals surface area contributed by atoms with Crippen LogP contribution in [0.1, 0.15) is 31.4 Å². The largest absolute Gasteiger partial charge is 0.394 e. The monoisotopic (exact) mass is 194 g/mol. The lowest BCUT2D eigenvalue weighted by molar-refractivity contribution is 0.709. The van der Waals surface area contributed by atoms with Gasteiger partial charge in [0.05, 0.1) is 11.4 Å². The summed E-state index contributed by atoms with van der Waals surface area (Å²) in [5, 5.41) is 7.76. The van der Waals surface area contributed by atoms with Gasteiger partial charge in [0.25, 0.3) is 0 Å². The van der Waals surface area contributed by atoms with Gasteiger partial charge in [0.15, 0.2) is 0 Å². The number of nitrogens with zero attached hydrogens (tertiary/aromatic N) is 2. The van der Waals surface area contributed by atoms with Crippen molar-refractivity contribution in [1.29, 1.82) is 0 Å². The molecule has 1 fully saturated rings. The first-order valence-corrected chi connectivity index (χ1v) is 5.24. The van der Waals surface area contributed by atoms with Gasteiger partial charge in [0.2, 0.25) is 0 Å². The molecule has 0 aromatic carbocycles. The number of hydrogen-bond donors (Lipinski definition) is 2. The van der Waals surface area contributed by atoms with E-state index in [1.54, 1.807) is 0 Å². The first-order chi connectivity index (χ1) is 6.68. The smallest absolute Gasteiger partial charge is 0.147 e. The lowest BCUT2D eigenvalue weighted by Gasteiger charge is -2.13. The summed E-state index contributed by atoms with van der Waals surface area (Å²) in [5.74, 6) is 0.981. The summed E-state index contributed by atoms with van der Waals surface area (Å²) in [6, 6.07) is 0.590. The highest BCUT2D eigenvalue weighted by Gasteiger charge is 2.18. The van der Waals surface area contributed by atoms with Crippen LogP contribution in [0.5, 0.6) is 0 Å². The van der Waals surface area contributed by atoms with Gasteiger partial charge in [-0.25, -0.2) is 0 Å². The van der Waals surface area contributed by atoms with Crippen molar-refractivity contribution in [2.75, 3.05) is 11.1 Å². The third kappa shape index (κ3) is 1.56. The van der Waals surface area contributed by atoms with Crippen molar-refractivity contribution in [3.63, 3.8) is 0 Å². The molecular weight excluding hydrogens is 176 g/mol. The maximum atomic E-state index is 5.94. The van der Waals surface area contributed by atoms with Crippen molar-refractivity contribution < 1.29 is 0 Å². The second-order valence-corrected chi connectivity index (χ2v) is 4.10. The minimum Gasteiger partial charge on any atom is -0.394 e. The van der Waals surface area contributed by atoms with Crippen LogP contribution in [0.4, 0.5) is 11.5 Å². The quantitative estimate of drug-likeness (QED) is 0.753. The Morgan fingerprint density at radius 1 is 1.43 bits per heavy atom. The number of anilines is 2. The second kappa shape index (κ2) is 3.52. The van der Waals surface area contributed by atoms with Crippen LogP contribution in [0.2, 0.25) is 0 Å². The van der Waals surface area contributed by atoms with E-state index >= 15 is 0 Å². The standard InChI is InChI=1S/C10H18N4/c1-7-9(11)10(14(2)13-7)12-8-5-3-4-6-8/h8,12H,3-6,11H2,1-2H3. The molecular formula is C10H18N4. The summed E-state index contributed by atoms with van der Waals surface area (Å²) in [6.45, 7) is 1.94. The summed E-state index contributed by atoms with van der Waals surface area (Å²) < 4.78 is 1.84. The molecule has 0 saturated heterocycles. The fourth-order valence-corrected chi connectivity index (χ4v) is 2.11. The van der Waals surface area contributed by atoms with Crippen molar-refractivity contribution in [1.82, 2.24) is 9.78 Å². The Morgan fingerprint density at radius 3 is 2.57 bits per heavy atom. The van der Waals surface area contributed by atoms with E-state index in [-0.39, 0.29) is 0 Å². The van der Waals surface area contributed by atoms with Crippen molar-refractivity contribution in [2.24, 2.45) is 7.05 Å². The Morgan fingerprint density at radius 2 is 2.07 bits per heavy atom. The van der Waals surface area contributed by atoms with Crippen LogP contribution in [-0.2, 0) is 7.05 Å². The molecule has 0 bridgehead atoms. The van der Waals surface area contributed by atoms with E-state index in [1.165, 1.54) is 25.7 Å². The lowest BCUT2D eigenvalue weighted by atomic mass is 10.2. The Balaban J connectivity index is 2.14. The minimum absolute atomic E-state index is 0.590. The third-order valence-corrected chi connectivity index (χ3v) is 2.96. The van der Waals surface area contributed by atoms with E-state index in [2.05, 4.69) is 10.4 Å². The number of rotatable bonds is 2. The molecule has 0 amide bonds. The first kappa shape index (κ1) is 9.37. The maximum Gasteiger partial charge on any atom is 0.147 e.